The molecule has 2 aromatic rings. The maximum atomic E-state index is 15.1. The molecule has 2 aromatic carbocycles. The zero-order valence-electron chi connectivity index (χ0n) is 13.9. The first-order chi connectivity index (χ1) is 11.9. The van der Waals surface area contributed by atoms with Gasteiger partial charge in [0, 0.05) is 31.1 Å². The number of hydrogen-bond donors (Lipinski definition) is 1. The summed E-state index contributed by atoms with van der Waals surface area (Å²) >= 11 is 5.88. The minimum absolute atomic E-state index is 0.289. The Morgan fingerprint density at radius 3 is 2.44 bits per heavy atom. The van der Waals surface area contributed by atoms with Gasteiger partial charge in [0.15, 0.2) is 0 Å². The van der Waals surface area contributed by atoms with Crippen molar-refractivity contribution < 1.29 is 14.3 Å². The van der Waals surface area contributed by atoms with Gasteiger partial charge in [-0.25, -0.2) is 9.18 Å². The van der Waals surface area contributed by atoms with Crippen molar-refractivity contribution in [2.24, 2.45) is 0 Å². The van der Waals surface area contributed by atoms with Crippen LogP contribution in [0.3, 0.4) is 0 Å². The largest absolute Gasteiger partial charge is 0.478 e. The fourth-order valence-corrected chi connectivity index (χ4v) is 3.44. The molecule has 1 aliphatic rings. The Morgan fingerprint density at radius 2 is 1.80 bits per heavy atom. The van der Waals surface area contributed by atoms with Crippen molar-refractivity contribution in [3.8, 4) is 0 Å². The molecule has 0 spiro atoms. The summed E-state index contributed by atoms with van der Waals surface area (Å²) in [5.74, 6) is -0.925. The van der Waals surface area contributed by atoms with Gasteiger partial charge < -0.3 is 5.11 Å². The molecule has 3 rings (SSSR count). The fourth-order valence-electron chi connectivity index (χ4n) is 3.32. The first kappa shape index (κ1) is 17.9. The molecule has 1 N–H and O–H groups in total. The number of carboxylic acids is 1. The van der Waals surface area contributed by atoms with E-state index in [1.165, 1.54) is 0 Å². The van der Waals surface area contributed by atoms with Crippen molar-refractivity contribution in [2.75, 3.05) is 13.1 Å². The highest BCUT2D eigenvalue weighted by atomic mass is 35.5. The van der Waals surface area contributed by atoms with Crippen molar-refractivity contribution in [3.05, 3.63) is 70.2 Å². The lowest BCUT2D eigenvalue weighted by molar-refractivity contribution is 0.0552. The van der Waals surface area contributed by atoms with Gasteiger partial charge in [-0.3, -0.25) is 4.90 Å². The predicted molar refractivity (Wildman–Crippen MR) is 96.9 cm³/mol. The van der Waals surface area contributed by atoms with Gasteiger partial charge in [0.25, 0.3) is 0 Å². The number of carbonyl (C=O) groups is 1. The summed E-state index contributed by atoms with van der Waals surface area (Å²) in [6.45, 7) is 1.99. The molecular formula is C20H21ClFNO2. The number of halogens is 2. The molecule has 0 unspecified atom stereocenters. The Labute approximate surface area is 152 Å². The predicted octanol–water partition coefficient (Wildman–Crippen LogP) is 4.59. The highest BCUT2D eigenvalue weighted by molar-refractivity contribution is 6.30. The number of likely N-dealkylation sites (tertiary alicyclic amines) is 1. The van der Waals surface area contributed by atoms with Crippen molar-refractivity contribution in [1.82, 2.24) is 4.90 Å². The van der Waals surface area contributed by atoms with E-state index in [0.29, 0.717) is 43.9 Å². The number of aromatic carboxylic acids is 1. The maximum Gasteiger partial charge on any atom is 0.335 e. The zero-order chi connectivity index (χ0) is 17.9. The third kappa shape index (κ3) is 4.80. The Morgan fingerprint density at radius 1 is 1.12 bits per heavy atom. The first-order valence-corrected chi connectivity index (χ1v) is 8.79. The highest BCUT2D eigenvalue weighted by Gasteiger charge is 2.34. The van der Waals surface area contributed by atoms with Gasteiger partial charge in [0.1, 0.15) is 5.67 Å². The SMILES string of the molecule is O=C(O)c1cccc(CN2CCC(F)(Cc3ccc(Cl)cc3)CC2)c1. The van der Waals surface area contributed by atoms with Gasteiger partial charge in [-0.2, -0.15) is 0 Å². The van der Waals surface area contributed by atoms with Crippen LogP contribution in [0.25, 0.3) is 0 Å². The molecule has 0 radical (unpaired) electrons. The number of alkyl halides is 1. The Hall–Kier alpha value is -1.91. The second-order valence-corrected chi connectivity index (χ2v) is 7.17. The highest BCUT2D eigenvalue weighted by Crippen LogP contribution is 2.31. The molecule has 1 fully saturated rings. The number of benzene rings is 2. The van der Waals surface area contributed by atoms with Crippen LogP contribution in [0.4, 0.5) is 4.39 Å². The second-order valence-electron chi connectivity index (χ2n) is 6.74. The molecule has 3 nitrogen and oxygen atoms in total. The maximum absolute atomic E-state index is 15.1. The summed E-state index contributed by atoms with van der Waals surface area (Å²) in [5, 5.41) is 9.73. The van der Waals surface area contributed by atoms with Crippen LogP contribution in [0.5, 0.6) is 0 Å². The summed E-state index contributed by atoms with van der Waals surface area (Å²) < 4.78 is 15.1. The molecular weight excluding hydrogens is 341 g/mol. The number of rotatable bonds is 5. The van der Waals surface area contributed by atoms with E-state index in [1.54, 1.807) is 30.3 Å². The van der Waals surface area contributed by atoms with Crippen LogP contribution in [0.15, 0.2) is 48.5 Å². The lowest BCUT2D eigenvalue weighted by Crippen LogP contribution is -2.42. The molecule has 25 heavy (non-hydrogen) atoms. The fraction of sp³-hybridized carbons (Fsp3) is 0.350. The summed E-state index contributed by atoms with van der Waals surface area (Å²) in [7, 11) is 0. The minimum atomic E-state index is -1.19. The molecule has 1 heterocycles. The van der Waals surface area contributed by atoms with Crippen LogP contribution in [0.2, 0.25) is 5.02 Å². The summed E-state index contributed by atoms with van der Waals surface area (Å²) in [4.78, 5) is 13.2. The molecule has 0 amide bonds. The number of carboxylic acid groups (broad SMARTS) is 1. The van der Waals surface area contributed by atoms with E-state index >= 15 is 4.39 Å². The smallest absolute Gasteiger partial charge is 0.335 e. The third-order valence-corrected chi connectivity index (χ3v) is 5.02. The van der Waals surface area contributed by atoms with Crippen LogP contribution in [-0.2, 0) is 13.0 Å². The zero-order valence-corrected chi connectivity index (χ0v) is 14.7. The van der Waals surface area contributed by atoms with E-state index < -0.39 is 11.6 Å². The van der Waals surface area contributed by atoms with Crippen LogP contribution in [0.1, 0.15) is 34.3 Å². The van der Waals surface area contributed by atoms with Gasteiger partial charge in [-0.15, -0.1) is 0 Å². The molecule has 132 valence electrons. The second kappa shape index (κ2) is 7.54. The molecule has 0 aliphatic carbocycles. The topological polar surface area (TPSA) is 40.5 Å². The Kier molecular flexibility index (Phi) is 5.40. The quantitative estimate of drug-likeness (QED) is 0.847. The van der Waals surface area contributed by atoms with Crippen molar-refractivity contribution >= 4 is 17.6 Å². The molecule has 0 aromatic heterocycles. The minimum Gasteiger partial charge on any atom is -0.478 e. The molecule has 1 saturated heterocycles. The van der Waals surface area contributed by atoms with E-state index in [2.05, 4.69) is 4.90 Å². The van der Waals surface area contributed by atoms with E-state index in [0.717, 1.165) is 11.1 Å². The molecule has 5 heteroatoms. The number of nitrogens with zero attached hydrogens (tertiary/aromatic N) is 1. The standard InChI is InChI=1S/C20H21ClFNO2/c21-18-6-4-15(5-7-18)13-20(22)8-10-23(11-9-20)14-16-2-1-3-17(12-16)19(24)25/h1-7,12H,8-11,13-14H2,(H,24,25). The third-order valence-electron chi connectivity index (χ3n) is 4.77. The number of piperidine rings is 1. The molecule has 0 saturated carbocycles. The number of hydrogen-bond acceptors (Lipinski definition) is 2. The van der Waals surface area contributed by atoms with Crippen LogP contribution < -0.4 is 0 Å². The summed E-state index contributed by atoms with van der Waals surface area (Å²) in [6.07, 6.45) is 1.37. The van der Waals surface area contributed by atoms with E-state index in [9.17, 15) is 4.79 Å². The van der Waals surface area contributed by atoms with Crippen LogP contribution in [-0.4, -0.2) is 34.7 Å². The lowest BCUT2D eigenvalue weighted by Gasteiger charge is -2.36. The lowest BCUT2D eigenvalue weighted by atomic mass is 9.87. The monoisotopic (exact) mass is 361 g/mol. The average Bonchev–Trinajstić information content (AvgIpc) is 2.59. The van der Waals surface area contributed by atoms with E-state index in [-0.39, 0.29) is 5.56 Å². The van der Waals surface area contributed by atoms with Gasteiger partial charge in [-0.1, -0.05) is 35.9 Å². The van der Waals surface area contributed by atoms with Crippen molar-refractivity contribution in [1.29, 1.82) is 0 Å². The van der Waals surface area contributed by atoms with Gasteiger partial charge in [0.2, 0.25) is 0 Å². The molecule has 0 atom stereocenters. The van der Waals surface area contributed by atoms with Gasteiger partial charge in [-0.05, 0) is 48.2 Å². The van der Waals surface area contributed by atoms with E-state index in [4.69, 9.17) is 16.7 Å². The molecule has 1 aliphatic heterocycles. The van der Waals surface area contributed by atoms with E-state index in [1.807, 2.05) is 18.2 Å². The van der Waals surface area contributed by atoms with Crippen molar-refractivity contribution in [3.63, 3.8) is 0 Å². The van der Waals surface area contributed by atoms with Gasteiger partial charge >= 0.3 is 5.97 Å². The first-order valence-electron chi connectivity index (χ1n) is 8.41. The molecule has 0 bridgehead atoms. The summed E-state index contributed by atoms with van der Waals surface area (Å²) in [5.41, 5.74) is 1.02. The van der Waals surface area contributed by atoms with Crippen molar-refractivity contribution in [2.45, 2.75) is 31.5 Å². The van der Waals surface area contributed by atoms with Crippen LogP contribution >= 0.6 is 11.6 Å². The Balaban J connectivity index is 1.57. The van der Waals surface area contributed by atoms with Crippen LogP contribution in [0, 0.1) is 0 Å². The Bertz CT molecular complexity index is 740. The average molecular weight is 362 g/mol. The summed E-state index contributed by atoms with van der Waals surface area (Å²) in [6, 6.07) is 14.3. The normalized spacial score (nSPS) is 17.4. The van der Waals surface area contributed by atoms with Gasteiger partial charge in [0.05, 0.1) is 5.56 Å².